The molecule has 66 valence electrons. The Balaban J connectivity index is 1.81. The van der Waals surface area contributed by atoms with Gasteiger partial charge in [-0.1, -0.05) is 0 Å². The van der Waals surface area contributed by atoms with Crippen molar-refractivity contribution in [2.45, 2.75) is 38.2 Å². The minimum atomic E-state index is 0.0957. The summed E-state index contributed by atoms with van der Waals surface area (Å²) in [5.41, 5.74) is 0.711. The highest BCUT2D eigenvalue weighted by atomic mass is 16.3. The Morgan fingerprint density at radius 1 is 1.08 bits per heavy atom. The highest BCUT2D eigenvalue weighted by Gasteiger charge is 2.75. The van der Waals surface area contributed by atoms with Gasteiger partial charge in [-0.3, -0.25) is 0 Å². The number of hydrogen-bond donors (Lipinski definition) is 1. The van der Waals surface area contributed by atoms with Crippen LogP contribution in [0.1, 0.15) is 32.1 Å². The van der Waals surface area contributed by atoms with E-state index in [0.717, 1.165) is 30.1 Å². The molecule has 0 aliphatic heterocycles. The molecule has 0 heterocycles. The van der Waals surface area contributed by atoms with Crippen molar-refractivity contribution in [1.82, 2.24) is 0 Å². The second-order valence-corrected chi connectivity index (χ2v) is 5.60. The average Bonchev–Trinajstić information content (AvgIpc) is 2.45. The van der Waals surface area contributed by atoms with E-state index < -0.39 is 0 Å². The maximum absolute atomic E-state index is 9.80. The molecule has 1 spiro atoms. The molecule has 2 bridgehead atoms. The van der Waals surface area contributed by atoms with Gasteiger partial charge in [0.25, 0.3) is 0 Å². The number of rotatable bonds is 0. The Labute approximate surface area is 73.2 Å². The van der Waals surface area contributed by atoms with Gasteiger partial charge in [0.1, 0.15) is 0 Å². The molecule has 4 saturated carbocycles. The van der Waals surface area contributed by atoms with Crippen molar-refractivity contribution in [2.24, 2.45) is 29.1 Å². The molecule has 0 aromatic rings. The zero-order chi connectivity index (χ0) is 7.92. The normalized spacial score (nSPS) is 71.2. The zero-order valence-electron chi connectivity index (χ0n) is 7.37. The molecule has 4 aliphatic rings. The van der Waals surface area contributed by atoms with Crippen molar-refractivity contribution in [1.29, 1.82) is 0 Å². The molecule has 0 radical (unpaired) electrons. The van der Waals surface area contributed by atoms with E-state index in [1.54, 1.807) is 0 Å². The van der Waals surface area contributed by atoms with Crippen LogP contribution in [0, 0.1) is 29.1 Å². The van der Waals surface area contributed by atoms with E-state index in [4.69, 9.17) is 0 Å². The van der Waals surface area contributed by atoms with Gasteiger partial charge >= 0.3 is 0 Å². The Morgan fingerprint density at radius 2 is 2.00 bits per heavy atom. The number of aliphatic hydroxyl groups excluding tert-OH is 1. The first-order valence-electron chi connectivity index (χ1n) is 5.50. The summed E-state index contributed by atoms with van der Waals surface area (Å²) in [6.45, 7) is 0. The quantitative estimate of drug-likeness (QED) is 0.579. The zero-order valence-corrected chi connectivity index (χ0v) is 7.37. The second kappa shape index (κ2) is 1.61. The van der Waals surface area contributed by atoms with E-state index in [1.807, 2.05) is 0 Å². The predicted octanol–water partition coefficient (Wildman–Crippen LogP) is 1.80. The summed E-state index contributed by atoms with van der Waals surface area (Å²) in [5, 5.41) is 9.80. The highest BCUT2D eigenvalue weighted by molar-refractivity contribution is 5.23. The van der Waals surface area contributed by atoms with Gasteiger partial charge in [0, 0.05) is 0 Å². The molecular weight excluding hydrogens is 148 g/mol. The summed E-state index contributed by atoms with van der Waals surface area (Å²) in [4.78, 5) is 0. The fraction of sp³-hybridized carbons (Fsp3) is 1.00. The lowest BCUT2D eigenvalue weighted by Gasteiger charge is -2.27. The minimum Gasteiger partial charge on any atom is -0.393 e. The van der Waals surface area contributed by atoms with Gasteiger partial charge in [0.15, 0.2) is 0 Å². The van der Waals surface area contributed by atoms with Gasteiger partial charge in [-0.25, -0.2) is 0 Å². The van der Waals surface area contributed by atoms with E-state index in [0.29, 0.717) is 5.41 Å². The molecule has 0 saturated heterocycles. The molecule has 1 heteroatoms. The first-order valence-corrected chi connectivity index (χ1v) is 5.50. The van der Waals surface area contributed by atoms with Gasteiger partial charge in [-0.2, -0.15) is 0 Å². The molecular formula is C11H16O. The van der Waals surface area contributed by atoms with Crippen LogP contribution in [0.4, 0.5) is 0 Å². The van der Waals surface area contributed by atoms with Crippen LogP contribution in [0.25, 0.3) is 0 Å². The average molecular weight is 164 g/mol. The molecule has 0 amide bonds. The van der Waals surface area contributed by atoms with Crippen LogP contribution in [0.5, 0.6) is 0 Å². The molecule has 4 aliphatic carbocycles. The van der Waals surface area contributed by atoms with Crippen LogP contribution < -0.4 is 0 Å². The van der Waals surface area contributed by atoms with E-state index in [9.17, 15) is 5.11 Å². The molecule has 4 rings (SSSR count). The SMILES string of the molecule is OC1CC2C3CCC(C3)C23CC13. The monoisotopic (exact) mass is 164 g/mol. The van der Waals surface area contributed by atoms with Crippen molar-refractivity contribution in [2.75, 3.05) is 0 Å². The van der Waals surface area contributed by atoms with Gasteiger partial charge in [-0.15, -0.1) is 0 Å². The van der Waals surface area contributed by atoms with Crippen molar-refractivity contribution in [3.8, 4) is 0 Å². The van der Waals surface area contributed by atoms with E-state index in [1.165, 1.54) is 25.7 Å². The lowest BCUT2D eigenvalue weighted by molar-refractivity contribution is 0.142. The summed E-state index contributed by atoms with van der Waals surface area (Å²) >= 11 is 0. The fourth-order valence-electron chi connectivity index (χ4n) is 5.16. The minimum absolute atomic E-state index is 0.0957. The van der Waals surface area contributed by atoms with Crippen LogP contribution in [0.15, 0.2) is 0 Å². The highest BCUT2D eigenvalue weighted by Crippen LogP contribution is 2.80. The molecule has 6 unspecified atom stereocenters. The summed E-state index contributed by atoms with van der Waals surface area (Å²) in [5.74, 6) is 3.76. The topological polar surface area (TPSA) is 20.2 Å². The smallest absolute Gasteiger partial charge is 0.0577 e. The van der Waals surface area contributed by atoms with Crippen LogP contribution in [-0.2, 0) is 0 Å². The van der Waals surface area contributed by atoms with Crippen LogP contribution in [-0.4, -0.2) is 11.2 Å². The van der Waals surface area contributed by atoms with Gasteiger partial charge < -0.3 is 5.11 Å². The summed E-state index contributed by atoms with van der Waals surface area (Å²) in [6, 6.07) is 0. The van der Waals surface area contributed by atoms with E-state index >= 15 is 0 Å². The first-order chi connectivity index (χ1) is 5.82. The fourth-order valence-corrected chi connectivity index (χ4v) is 5.16. The van der Waals surface area contributed by atoms with Crippen molar-refractivity contribution in [3.05, 3.63) is 0 Å². The predicted molar refractivity (Wildman–Crippen MR) is 45.5 cm³/mol. The summed E-state index contributed by atoms with van der Waals surface area (Å²) < 4.78 is 0. The van der Waals surface area contributed by atoms with Crippen LogP contribution >= 0.6 is 0 Å². The Morgan fingerprint density at radius 3 is 2.75 bits per heavy atom. The lowest BCUT2D eigenvalue weighted by Crippen LogP contribution is -2.21. The number of fused-ring (bicyclic) bond motifs is 3. The maximum atomic E-state index is 9.80. The molecule has 1 nitrogen and oxygen atoms in total. The summed E-state index contributed by atoms with van der Waals surface area (Å²) in [6.07, 6.45) is 7.14. The first kappa shape index (κ1) is 6.42. The van der Waals surface area contributed by atoms with Crippen LogP contribution in [0.2, 0.25) is 0 Å². The summed E-state index contributed by atoms with van der Waals surface area (Å²) in [7, 11) is 0. The maximum Gasteiger partial charge on any atom is 0.0577 e. The largest absolute Gasteiger partial charge is 0.393 e. The van der Waals surface area contributed by atoms with Gasteiger partial charge in [0.05, 0.1) is 6.10 Å². The standard InChI is InChI=1S/C11H16O/c12-10-4-8-6-1-2-7(3-6)11(8)5-9(10)11/h6-10,12H,1-5H2. The van der Waals surface area contributed by atoms with Gasteiger partial charge in [0.2, 0.25) is 0 Å². The third-order valence-corrected chi connectivity index (χ3v) is 5.56. The van der Waals surface area contributed by atoms with Gasteiger partial charge in [-0.05, 0) is 61.2 Å². The lowest BCUT2D eigenvalue weighted by atomic mass is 9.77. The van der Waals surface area contributed by atoms with Crippen molar-refractivity contribution < 1.29 is 5.11 Å². The third kappa shape index (κ3) is 0.454. The Bertz CT molecular complexity index is 249. The van der Waals surface area contributed by atoms with E-state index in [-0.39, 0.29) is 6.10 Å². The number of hydrogen-bond acceptors (Lipinski definition) is 1. The molecule has 1 N–H and O–H groups in total. The molecule has 0 aromatic carbocycles. The molecule has 12 heavy (non-hydrogen) atoms. The number of aliphatic hydroxyl groups is 1. The van der Waals surface area contributed by atoms with E-state index in [2.05, 4.69) is 0 Å². The van der Waals surface area contributed by atoms with Crippen molar-refractivity contribution >= 4 is 0 Å². The Kier molecular flexibility index (Phi) is 0.863. The molecule has 6 atom stereocenters. The third-order valence-electron chi connectivity index (χ3n) is 5.56. The second-order valence-electron chi connectivity index (χ2n) is 5.60. The Hall–Kier alpha value is -0.0400. The molecule has 4 fully saturated rings. The van der Waals surface area contributed by atoms with Crippen molar-refractivity contribution in [3.63, 3.8) is 0 Å². The molecule has 0 aromatic heterocycles. The van der Waals surface area contributed by atoms with Crippen LogP contribution in [0.3, 0.4) is 0 Å².